The average molecular weight is 226 g/mol. The Bertz CT molecular complexity index is 370. The lowest BCUT2D eigenvalue weighted by Crippen LogP contribution is -2.07. The largest absolute Gasteiger partial charge is 0.385 e. The third kappa shape index (κ3) is 3.70. The van der Waals surface area contributed by atoms with Crippen molar-refractivity contribution in [2.45, 2.75) is 6.42 Å². The van der Waals surface area contributed by atoms with Crippen molar-refractivity contribution in [3.8, 4) is 0 Å². The van der Waals surface area contributed by atoms with Crippen molar-refractivity contribution in [3.63, 3.8) is 0 Å². The van der Waals surface area contributed by atoms with Crippen LogP contribution < -0.4 is 11.1 Å². The minimum atomic E-state index is -0.502. The second kappa shape index (κ2) is 5.86. The molecule has 7 nitrogen and oxygen atoms in total. The van der Waals surface area contributed by atoms with Gasteiger partial charge in [-0.15, -0.1) is 0 Å². The molecule has 0 amide bonds. The van der Waals surface area contributed by atoms with Crippen molar-refractivity contribution in [3.05, 3.63) is 22.2 Å². The van der Waals surface area contributed by atoms with Crippen LogP contribution in [0.1, 0.15) is 6.42 Å². The highest BCUT2D eigenvalue weighted by Crippen LogP contribution is 2.18. The van der Waals surface area contributed by atoms with E-state index in [0.29, 0.717) is 19.0 Å². The maximum atomic E-state index is 10.6. The SMILES string of the molecule is COCCCNc1cc([N+](=O)[O-])cc(N)n1. The third-order valence-corrected chi connectivity index (χ3v) is 1.87. The second-order valence-electron chi connectivity index (χ2n) is 3.17. The number of aromatic nitrogens is 1. The zero-order valence-corrected chi connectivity index (χ0v) is 8.97. The summed E-state index contributed by atoms with van der Waals surface area (Å²) in [6.07, 6.45) is 0.792. The zero-order valence-electron chi connectivity index (χ0n) is 8.97. The van der Waals surface area contributed by atoms with Crippen LogP contribution in [0.15, 0.2) is 12.1 Å². The van der Waals surface area contributed by atoms with E-state index >= 15 is 0 Å². The number of hydrogen-bond donors (Lipinski definition) is 2. The molecule has 0 atom stereocenters. The van der Waals surface area contributed by atoms with Crippen molar-refractivity contribution in [2.75, 3.05) is 31.3 Å². The summed E-state index contributed by atoms with van der Waals surface area (Å²) in [6.45, 7) is 1.25. The summed E-state index contributed by atoms with van der Waals surface area (Å²) >= 11 is 0. The van der Waals surface area contributed by atoms with Crippen LogP contribution in [0.3, 0.4) is 0 Å². The molecule has 1 aromatic rings. The number of anilines is 2. The molecule has 0 radical (unpaired) electrons. The lowest BCUT2D eigenvalue weighted by molar-refractivity contribution is -0.384. The first-order chi connectivity index (χ1) is 7.63. The van der Waals surface area contributed by atoms with Crippen LogP contribution in [0, 0.1) is 10.1 Å². The number of nitro groups is 1. The molecule has 16 heavy (non-hydrogen) atoms. The molecule has 1 aromatic heterocycles. The van der Waals surface area contributed by atoms with Gasteiger partial charge in [-0.25, -0.2) is 4.98 Å². The van der Waals surface area contributed by atoms with E-state index in [-0.39, 0.29) is 11.5 Å². The van der Waals surface area contributed by atoms with Gasteiger partial charge in [-0.05, 0) is 6.42 Å². The second-order valence-corrected chi connectivity index (χ2v) is 3.17. The Balaban J connectivity index is 2.62. The zero-order chi connectivity index (χ0) is 12.0. The first-order valence-electron chi connectivity index (χ1n) is 4.78. The third-order valence-electron chi connectivity index (χ3n) is 1.87. The van der Waals surface area contributed by atoms with E-state index in [1.165, 1.54) is 12.1 Å². The van der Waals surface area contributed by atoms with Gasteiger partial charge in [0.05, 0.1) is 17.1 Å². The molecule has 0 saturated carbocycles. The van der Waals surface area contributed by atoms with E-state index in [4.69, 9.17) is 10.5 Å². The Hall–Kier alpha value is -1.89. The number of pyridine rings is 1. The minimum absolute atomic E-state index is 0.0678. The summed E-state index contributed by atoms with van der Waals surface area (Å²) in [5.74, 6) is 0.534. The number of rotatable bonds is 6. The van der Waals surface area contributed by atoms with E-state index < -0.39 is 4.92 Å². The first-order valence-corrected chi connectivity index (χ1v) is 4.78. The summed E-state index contributed by atoms with van der Waals surface area (Å²) in [4.78, 5) is 14.0. The van der Waals surface area contributed by atoms with Crippen molar-refractivity contribution >= 4 is 17.3 Å². The molecule has 0 unspecified atom stereocenters. The standard InChI is InChI=1S/C9H14N4O3/c1-16-4-2-3-11-9-6-7(13(14)15)5-8(10)12-9/h5-6H,2-4H2,1H3,(H3,10,11,12). The molecular formula is C9H14N4O3. The van der Waals surface area contributed by atoms with Crippen molar-refractivity contribution in [2.24, 2.45) is 0 Å². The van der Waals surface area contributed by atoms with Crippen molar-refractivity contribution in [1.29, 1.82) is 0 Å². The molecule has 1 heterocycles. The number of methoxy groups -OCH3 is 1. The molecule has 88 valence electrons. The molecule has 1 rings (SSSR count). The lowest BCUT2D eigenvalue weighted by Gasteiger charge is -2.05. The van der Waals surface area contributed by atoms with Gasteiger partial charge in [0.2, 0.25) is 0 Å². The molecule has 0 aliphatic heterocycles. The number of nitrogens with two attached hydrogens (primary N) is 1. The van der Waals surface area contributed by atoms with Crippen LogP contribution in [0.25, 0.3) is 0 Å². The first kappa shape index (κ1) is 12.2. The van der Waals surface area contributed by atoms with Crippen LogP contribution in [0.4, 0.5) is 17.3 Å². The molecule has 0 fully saturated rings. The summed E-state index contributed by atoms with van der Waals surface area (Å²) in [5.41, 5.74) is 5.38. The van der Waals surface area contributed by atoms with Gasteiger partial charge in [0, 0.05) is 20.3 Å². The van der Waals surface area contributed by atoms with Crippen LogP contribution in [-0.2, 0) is 4.74 Å². The van der Waals surface area contributed by atoms with Gasteiger partial charge in [0.1, 0.15) is 11.6 Å². The molecule has 0 spiro atoms. The fraction of sp³-hybridized carbons (Fsp3) is 0.444. The molecule has 7 heteroatoms. The van der Waals surface area contributed by atoms with Gasteiger partial charge in [0.15, 0.2) is 0 Å². The van der Waals surface area contributed by atoms with Gasteiger partial charge < -0.3 is 15.8 Å². The number of hydrogen-bond acceptors (Lipinski definition) is 6. The Morgan fingerprint density at radius 2 is 2.38 bits per heavy atom. The Labute approximate surface area is 92.8 Å². The summed E-state index contributed by atoms with van der Waals surface area (Å²) in [5, 5.41) is 13.5. The Morgan fingerprint density at radius 3 is 3.00 bits per heavy atom. The van der Waals surface area contributed by atoms with Gasteiger partial charge in [-0.2, -0.15) is 0 Å². The van der Waals surface area contributed by atoms with Crippen molar-refractivity contribution in [1.82, 2.24) is 4.98 Å². The van der Waals surface area contributed by atoms with Crippen LogP contribution in [-0.4, -0.2) is 30.2 Å². The molecule has 0 aromatic carbocycles. The van der Waals surface area contributed by atoms with Gasteiger partial charge >= 0.3 is 0 Å². The van der Waals surface area contributed by atoms with Gasteiger partial charge in [-0.3, -0.25) is 10.1 Å². The quantitative estimate of drug-likeness (QED) is 0.426. The fourth-order valence-corrected chi connectivity index (χ4v) is 1.17. The van der Waals surface area contributed by atoms with Crippen LogP contribution in [0.5, 0.6) is 0 Å². The molecule has 3 N–H and O–H groups in total. The Kier molecular flexibility index (Phi) is 4.46. The predicted molar refractivity (Wildman–Crippen MR) is 60.3 cm³/mol. The maximum absolute atomic E-state index is 10.6. The molecule has 0 bridgehead atoms. The molecule has 0 aliphatic carbocycles. The van der Waals surface area contributed by atoms with Gasteiger partial charge in [0.25, 0.3) is 5.69 Å². The summed E-state index contributed by atoms with van der Waals surface area (Å²) in [7, 11) is 1.61. The minimum Gasteiger partial charge on any atom is -0.385 e. The van der Waals surface area contributed by atoms with E-state index in [9.17, 15) is 10.1 Å². The normalized spacial score (nSPS) is 10.1. The van der Waals surface area contributed by atoms with E-state index in [1.807, 2.05) is 0 Å². The maximum Gasteiger partial charge on any atom is 0.276 e. The number of nitrogens with one attached hydrogen (secondary N) is 1. The Morgan fingerprint density at radius 1 is 1.62 bits per heavy atom. The highest BCUT2D eigenvalue weighted by molar-refractivity contribution is 5.52. The molecule has 0 saturated heterocycles. The number of ether oxygens (including phenoxy) is 1. The van der Waals surface area contributed by atoms with Gasteiger partial charge in [-0.1, -0.05) is 0 Å². The fourth-order valence-electron chi connectivity index (χ4n) is 1.17. The highest BCUT2D eigenvalue weighted by atomic mass is 16.6. The van der Waals surface area contributed by atoms with Crippen molar-refractivity contribution < 1.29 is 9.66 Å². The molecular weight excluding hydrogens is 212 g/mol. The summed E-state index contributed by atoms with van der Waals surface area (Å²) in [6, 6.07) is 2.57. The van der Waals surface area contributed by atoms with E-state index in [2.05, 4.69) is 10.3 Å². The van der Waals surface area contributed by atoms with Crippen LogP contribution >= 0.6 is 0 Å². The lowest BCUT2D eigenvalue weighted by atomic mass is 10.3. The average Bonchev–Trinajstić information content (AvgIpc) is 2.23. The predicted octanol–water partition coefficient (Wildman–Crippen LogP) is 1.02. The monoisotopic (exact) mass is 226 g/mol. The van der Waals surface area contributed by atoms with E-state index in [0.717, 1.165) is 6.42 Å². The number of nitrogen functional groups attached to an aromatic ring is 1. The topological polar surface area (TPSA) is 103 Å². The number of nitrogens with zero attached hydrogens (tertiary/aromatic N) is 2. The van der Waals surface area contributed by atoms with E-state index in [1.54, 1.807) is 7.11 Å². The smallest absolute Gasteiger partial charge is 0.276 e. The molecule has 0 aliphatic rings. The highest BCUT2D eigenvalue weighted by Gasteiger charge is 2.09. The summed E-state index contributed by atoms with van der Waals surface area (Å²) < 4.78 is 4.87. The van der Waals surface area contributed by atoms with Crippen LogP contribution in [0.2, 0.25) is 0 Å².